The highest BCUT2D eigenvalue weighted by Gasteiger charge is 2.13. The summed E-state index contributed by atoms with van der Waals surface area (Å²) in [5, 5.41) is 2.91. The zero-order chi connectivity index (χ0) is 16.7. The van der Waals surface area contributed by atoms with E-state index in [1.807, 2.05) is 57.2 Å². The summed E-state index contributed by atoms with van der Waals surface area (Å²) < 4.78 is 11.1. The number of hydrogen-bond acceptors (Lipinski definition) is 3. The number of carbonyl (C=O) groups excluding carboxylic acids is 1. The largest absolute Gasteiger partial charge is 0.490 e. The number of ether oxygens (including phenoxy) is 2. The van der Waals surface area contributed by atoms with Crippen LogP contribution in [-0.2, 0) is 11.3 Å². The molecule has 0 heterocycles. The van der Waals surface area contributed by atoms with E-state index in [-0.39, 0.29) is 12.0 Å². The summed E-state index contributed by atoms with van der Waals surface area (Å²) in [6.45, 7) is 7.03. The number of rotatable bonds is 7. The van der Waals surface area contributed by atoms with Crippen LogP contribution in [0.5, 0.6) is 5.75 Å². The van der Waals surface area contributed by atoms with Crippen molar-refractivity contribution in [2.24, 2.45) is 0 Å². The highest BCUT2D eigenvalue weighted by Crippen LogP contribution is 2.21. The molecule has 0 fully saturated rings. The van der Waals surface area contributed by atoms with Gasteiger partial charge in [0.2, 0.25) is 0 Å². The monoisotopic (exact) mass is 313 g/mol. The molecule has 0 aliphatic rings. The van der Waals surface area contributed by atoms with Gasteiger partial charge in [-0.05, 0) is 50.6 Å². The molecular formula is C19H23NO3. The minimum atomic E-state index is -0.185. The van der Waals surface area contributed by atoms with Gasteiger partial charge in [0, 0.05) is 12.3 Å². The highest BCUT2D eigenvalue weighted by molar-refractivity contribution is 6.06. The van der Waals surface area contributed by atoms with E-state index in [4.69, 9.17) is 9.47 Å². The predicted molar refractivity (Wildman–Crippen MR) is 91.9 cm³/mol. The number of nitrogens with one attached hydrogen (secondary N) is 1. The van der Waals surface area contributed by atoms with Gasteiger partial charge >= 0.3 is 0 Å². The van der Waals surface area contributed by atoms with E-state index in [0.717, 1.165) is 11.3 Å². The van der Waals surface area contributed by atoms with E-state index in [2.05, 4.69) is 5.32 Å². The Bertz CT molecular complexity index is 653. The van der Waals surface area contributed by atoms with Crippen molar-refractivity contribution >= 4 is 11.6 Å². The smallest absolute Gasteiger partial charge is 0.259 e. The number of amides is 1. The van der Waals surface area contributed by atoms with Crippen molar-refractivity contribution in [3.05, 3.63) is 59.7 Å². The Kier molecular flexibility index (Phi) is 6.18. The summed E-state index contributed by atoms with van der Waals surface area (Å²) in [4.78, 5) is 12.5. The third kappa shape index (κ3) is 5.11. The van der Waals surface area contributed by atoms with Crippen LogP contribution < -0.4 is 10.1 Å². The van der Waals surface area contributed by atoms with Crippen molar-refractivity contribution in [3.8, 4) is 5.75 Å². The van der Waals surface area contributed by atoms with Gasteiger partial charge in [-0.2, -0.15) is 0 Å². The molecule has 122 valence electrons. The molecule has 0 aliphatic heterocycles. The van der Waals surface area contributed by atoms with Crippen LogP contribution in [0, 0.1) is 0 Å². The first-order chi connectivity index (χ1) is 11.1. The average Bonchev–Trinajstić information content (AvgIpc) is 2.53. The first-order valence-corrected chi connectivity index (χ1v) is 7.84. The Hall–Kier alpha value is -2.33. The van der Waals surface area contributed by atoms with Gasteiger partial charge in [-0.15, -0.1) is 0 Å². The second kappa shape index (κ2) is 8.34. The molecule has 0 saturated carbocycles. The molecule has 0 radical (unpaired) electrons. The molecule has 0 bridgehead atoms. The van der Waals surface area contributed by atoms with Crippen LogP contribution in [0.3, 0.4) is 0 Å². The zero-order valence-corrected chi connectivity index (χ0v) is 13.8. The van der Waals surface area contributed by atoms with Crippen LogP contribution in [0.25, 0.3) is 0 Å². The van der Waals surface area contributed by atoms with Crippen LogP contribution in [0.2, 0.25) is 0 Å². The van der Waals surface area contributed by atoms with E-state index in [0.29, 0.717) is 24.5 Å². The molecule has 0 atom stereocenters. The minimum Gasteiger partial charge on any atom is -0.490 e. The molecule has 0 aromatic heterocycles. The predicted octanol–water partition coefficient (Wildman–Crippen LogP) is 4.26. The topological polar surface area (TPSA) is 47.6 Å². The quantitative estimate of drug-likeness (QED) is 0.830. The van der Waals surface area contributed by atoms with Gasteiger partial charge in [0.25, 0.3) is 5.91 Å². The second-order valence-corrected chi connectivity index (χ2v) is 5.45. The Balaban J connectivity index is 2.13. The van der Waals surface area contributed by atoms with Crippen LogP contribution in [0.15, 0.2) is 48.5 Å². The standard InChI is InChI=1S/C19H23NO3/c1-4-22-13-15-8-7-9-16(12-15)20-19(21)17-10-5-6-11-18(17)23-14(2)3/h5-12,14H,4,13H2,1-3H3,(H,20,21). The number of hydrogen-bond donors (Lipinski definition) is 1. The Morgan fingerprint density at radius 1 is 1.13 bits per heavy atom. The molecule has 0 saturated heterocycles. The maximum atomic E-state index is 12.5. The van der Waals surface area contributed by atoms with E-state index in [9.17, 15) is 4.79 Å². The molecule has 0 unspecified atom stereocenters. The minimum absolute atomic E-state index is 0.0125. The lowest BCUT2D eigenvalue weighted by atomic mass is 10.1. The van der Waals surface area contributed by atoms with Crippen molar-refractivity contribution < 1.29 is 14.3 Å². The molecule has 0 spiro atoms. The first kappa shape index (κ1) is 17.0. The van der Waals surface area contributed by atoms with Crippen molar-refractivity contribution in [2.75, 3.05) is 11.9 Å². The number of carbonyl (C=O) groups is 1. The maximum Gasteiger partial charge on any atom is 0.259 e. The zero-order valence-electron chi connectivity index (χ0n) is 13.8. The number of benzene rings is 2. The van der Waals surface area contributed by atoms with Gasteiger partial charge in [0.05, 0.1) is 18.3 Å². The summed E-state index contributed by atoms with van der Waals surface area (Å²) in [6, 6.07) is 14.9. The number of anilines is 1. The third-order valence-corrected chi connectivity index (χ3v) is 3.15. The second-order valence-electron chi connectivity index (χ2n) is 5.45. The Morgan fingerprint density at radius 3 is 2.65 bits per heavy atom. The van der Waals surface area contributed by atoms with Gasteiger partial charge in [0.1, 0.15) is 5.75 Å². The molecule has 1 amide bonds. The summed E-state index contributed by atoms with van der Waals surface area (Å²) in [5.41, 5.74) is 2.29. The van der Waals surface area contributed by atoms with Crippen molar-refractivity contribution in [1.29, 1.82) is 0 Å². The summed E-state index contributed by atoms with van der Waals surface area (Å²) in [5.74, 6) is 0.403. The van der Waals surface area contributed by atoms with Crippen molar-refractivity contribution in [3.63, 3.8) is 0 Å². The van der Waals surface area contributed by atoms with Gasteiger partial charge in [-0.3, -0.25) is 4.79 Å². The van der Waals surface area contributed by atoms with Crippen LogP contribution in [0.4, 0.5) is 5.69 Å². The van der Waals surface area contributed by atoms with E-state index < -0.39 is 0 Å². The lowest BCUT2D eigenvalue weighted by molar-refractivity contribution is 0.102. The molecule has 0 aliphatic carbocycles. The van der Waals surface area contributed by atoms with E-state index in [1.54, 1.807) is 12.1 Å². The lowest BCUT2D eigenvalue weighted by Gasteiger charge is -2.14. The summed E-state index contributed by atoms with van der Waals surface area (Å²) in [6.07, 6.45) is 0.0125. The fourth-order valence-electron chi connectivity index (χ4n) is 2.17. The first-order valence-electron chi connectivity index (χ1n) is 7.84. The summed E-state index contributed by atoms with van der Waals surface area (Å²) in [7, 11) is 0. The van der Waals surface area contributed by atoms with Crippen LogP contribution in [0.1, 0.15) is 36.7 Å². The molecule has 4 heteroatoms. The molecule has 2 aromatic rings. The van der Waals surface area contributed by atoms with Gasteiger partial charge in [0.15, 0.2) is 0 Å². The molecule has 23 heavy (non-hydrogen) atoms. The lowest BCUT2D eigenvalue weighted by Crippen LogP contribution is -2.15. The molecule has 2 rings (SSSR count). The average molecular weight is 313 g/mol. The van der Waals surface area contributed by atoms with E-state index in [1.165, 1.54) is 0 Å². The highest BCUT2D eigenvalue weighted by atomic mass is 16.5. The number of para-hydroxylation sites is 1. The molecule has 4 nitrogen and oxygen atoms in total. The molecule has 1 N–H and O–H groups in total. The maximum absolute atomic E-state index is 12.5. The van der Waals surface area contributed by atoms with Crippen molar-refractivity contribution in [1.82, 2.24) is 0 Å². The summed E-state index contributed by atoms with van der Waals surface area (Å²) >= 11 is 0. The van der Waals surface area contributed by atoms with E-state index >= 15 is 0 Å². The van der Waals surface area contributed by atoms with Gasteiger partial charge < -0.3 is 14.8 Å². The fraction of sp³-hybridized carbons (Fsp3) is 0.316. The van der Waals surface area contributed by atoms with Crippen molar-refractivity contribution in [2.45, 2.75) is 33.5 Å². The third-order valence-electron chi connectivity index (χ3n) is 3.15. The van der Waals surface area contributed by atoms with Gasteiger partial charge in [-0.1, -0.05) is 24.3 Å². The molecule has 2 aromatic carbocycles. The van der Waals surface area contributed by atoms with Crippen LogP contribution >= 0.6 is 0 Å². The van der Waals surface area contributed by atoms with Crippen LogP contribution in [-0.4, -0.2) is 18.6 Å². The fourth-order valence-corrected chi connectivity index (χ4v) is 2.17. The normalized spacial score (nSPS) is 10.6. The Morgan fingerprint density at radius 2 is 1.91 bits per heavy atom. The Labute approximate surface area is 137 Å². The molecular weight excluding hydrogens is 290 g/mol. The van der Waals surface area contributed by atoms with Gasteiger partial charge in [-0.25, -0.2) is 0 Å². The SMILES string of the molecule is CCOCc1cccc(NC(=O)c2ccccc2OC(C)C)c1.